The molecule has 1 aliphatic rings. The molecule has 3 rings (SSSR count). The molecule has 0 spiro atoms. The number of rotatable bonds is 4. The molecule has 0 saturated carbocycles. The first-order valence-corrected chi connectivity index (χ1v) is 7.80. The number of ether oxygens (including phenoxy) is 2. The minimum Gasteiger partial charge on any atom is -0.497 e. The molecular weight excluding hydrogens is 313 g/mol. The molecule has 0 bridgehead atoms. The molecule has 24 heavy (non-hydrogen) atoms. The summed E-state index contributed by atoms with van der Waals surface area (Å²) in [5.41, 5.74) is 0.976. The zero-order chi connectivity index (χ0) is 17.1. The van der Waals surface area contributed by atoms with E-state index in [0.29, 0.717) is 25.2 Å². The van der Waals surface area contributed by atoms with Crippen LogP contribution in [0.2, 0.25) is 0 Å². The number of carbonyl (C=O) groups excluding carboxylic acids is 1. The number of imidazole rings is 1. The highest BCUT2D eigenvalue weighted by Gasteiger charge is 2.27. The van der Waals surface area contributed by atoms with Gasteiger partial charge in [-0.25, -0.2) is 9.37 Å². The molecule has 1 aromatic heterocycles. The zero-order valence-electron chi connectivity index (χ0n) is 13.7. The van der Waals surface area contributed by atoms with Crippen molar-refractivity contribution in [3.8, 4) is 5.75 Å². The number of benzene rings is 1. The number of nitrogens with zero attached hydrogens (tertiary/aromatic N) is 2. The fourth-order valence-corrected chi connectivity index (χ4v) is 2.88. The van der Waals surface area contributed by atoms with Crippen LogP contribution in [0.3, 0.4) is 0 Å². The van der Waals surface area contributed by atoms with E-state index >= 15 is 0 Å². The van der Waals surface area contributed by atoms with Crippen LogP contribution in [0.5, 0.6) is 5.75 Å². The maximum Gasteiger partial charge on any atom is 0.254 e. The Morgan fingerprint density at radius 3 is 3.00 bits per heavy atom. The van der Waals surface area contributed by atoms with Crippen LogP contribution < -0.4 is 10.1 Å². The number of aryl methyl sites for hydroxylation is 1. The summed E-state index contributed by atoms with van der Waals surface area (Å²) < 4.78 is 26.6. The van der Waals surface area contributed by atoms with E-state index in [2.05, 4.69) is 10.3 Å². The summed E-state index contributed by atoms with van der Waals surface area (Å²) in [5, 5.41) is 2.90. The van der Waals surface area contributed by atoms with Gasteiger partial charge in [0.25, 0.3) is 5.91 Å². The third-order valence-electron chi connectivity index (χ3n) is 4.22. The Bertz CT molecular complexity index is 732. The van der Waals surface area contributed by atoms with Crippen LogP contribution in [0.1, 0.15) is 35.0 Å². The predicted octanol–water partition coefficient (Wildman–Crippen LogP) is 2.22. The number of nitrogens with one attached hydrogen (secondary N) is 1. The van der Waals surface area contributed by atoms with E-state index in [1.807, 2.05) is 11.6 Å². The summed E-state index contributed by atoms with van der Waals surface area (Å²) in [4.78, 5) is 16.4. The molecule has 7 heteroatoms. The molecule has 1 fully saturated rings. The number of hydrogen-bond acceptors (Lipinski definition) is 4. The number of amides is 1. The van der Waals surface area contributed by atoms with Crippen molar-refractivity contribution in [3.05, 3.63) is 47.8 Å². The Kier molecular flexibility index (Phi) is 4.80. The van der Waals surface area contributed by atoms with E-state index in [9.17, 15) is 9.18 Å². The molecule has 0 radical (unpaired) electrons. The zero-order valence-corrected chi connectivity index (χ0v) is 13.7. The van der Waals surface area contributed by atoms with Crippen LogP contribution in [0.4, 0.5) is 4.39 Å². The number of hydrogen-bond donors (Lipinski definition) is 1. The van der Waals surface area contributed by atoms with E-state index in [1.54, 1.807) is 18.6 Å². The van der Waals surface area contributed by atoms with Gasteiger partial charge in [0.05, 0.1) is 30.9 Å². The number of methoxy groups -OCH3 is 1. The molecule has 1 amide bonds. The Labute approximate surface area is 139 Å². The Morgan fingerprint density at radius 2 is 2.33 bits per heavy atom. The van der Waals surface area contributed by atoms with Crippen molar-refractivity contribution in [3.63, 3.8) is 0 Å². The highest BCUT2D eigenvalue weighted by atomic mass is 19.1. The third kappa shape index (κ3) is 3.41. The average Bonchev–Trinajstić information content (AvgIpc) is 3.01. The van der Waals surface area contributed by atoms with Crippen molar-refractivity contribution in [2.75, 3.05) is 13.7 Å². The Morgan fingerprint density at radius 1 is 1.50 bits per heavy atom. The van der Waals surface area contributed by atoms with Gasteiger partial charge in [0, 0.05) is 25.8 Å². The molecule has 1 N–H and O–H groups in total. The second kappa shape index (κ2) is 7.00. The largest absolute Gasteiger partial charge is 0.497 e. The summed E-state index contributed by atoms with van der Waals surface area (Å²) in [5.74, 6) is -0.640. The topological polar surface area (TPSA) is 65.4 Å². The lowest BCUT2D eigenvalue weighted by molar-refractivity contribution is -0.00303. The van der Waals surface area contributed by atoms with Gasteiger partial charge in [0.2, 0.25) is 0 Å². The monoisotopic (exact) mass is 333 g/mol. The van der Waals surface area contributed by atoms with Crippen molar-refractivity contribution in [2.45, 2.75) is 25.0 Å². The molecular formula is C17H20FN3O3. The van der Waals surface area contributed by atoms with Gasteiger partial charge < -0.3 is 19.4 Å². The van der Waals surface area contributed by atoms with E-state index < -0.39 is 11.7 Å². The molecule has 2 atom stereocenters. The van der Waals surface area contributed by atoms with Crippen LogP contribution in [0, 0.1) is 5.82 Å². The van der Waals surface area contributed by atoms with Gasteiger partial charge in [-0.15, -0.1) is 0 Å². The van der Waals surface area contributed by atoms with Gasteiger partial charge in [-0.3, -0.25) is 4.79 Å². The predicted molar refractivity (Wildman–Crippen MR) is 85.3 cm³/mol. The minimum absolute atomic E-state index is 0.0133. The van der Waals surface area contributed by atoms with Crippen molar-refractivity contribution in [2.24, 2.45) is 7.05 Å². The van der Waals surface area contributed by atoms with Gasteiger partial charge in [0.15, 0.2) is 0 Å². The SMILES string of the molecule is COc1ccc(C(=O)N[C@H]2CCO[C@H](c3cncn3C)C2)c(F)c1. The number of halogens is 1. The van der Waals surface area contributed by atoms with Gasteiger partial charge in [-0.05, 0) is 25.0 Å². The molecule has 1 aromatic carbocycles. The first-order valence-electron chi connectivity index (χ1n) is 7.80. The quantitative estimate of drug-likeness (QED) is 0.932. The van der Waals surface area contributed by atoms with Gasteiger partial charge >= 0.3 is 0 Å². The van der Waals surface area contributed by atoms with Crippen molar-refractivity contribution >= 4 is 5.91 Å². The highest BCUT2D eigenvalue weighted by molar-refractivity contribution is 5.94. The maximum atomic E-state index is 14.0. The molecule has 2 heterocycles. The molecule has 1 saturated heterocycles. The average molecular weight is 333 g/mol. The van der Waals surface area contributed by atoms with Crippen molar-refractivity contribution in [1.82, 2.24) is 14.9 Å². The molecule has 0 aliphatic carbocycles. The van der Waals surface area contributed by atoms with Crippen LogP contribution in [0.15, 0.2) is 30.7 Å². The number of carbonyl (C=O) groups is 1. The van der Waals surface area contributed by atoms with E-state index in [-0.39, 0.29) is 17.7 Å². The summed E-state index contributed by atoms with van der Waals surface area (Å²) in [6.45, 7) is 0.534. The van der Waals surface area contributed by atoms with E-state index in [0.717, 1.165) is 5.69 Å². The lowest BCUT2D eigenvalue weighted by Crippen LogP contribution is -2.40. The minimum atomic E-state index is -0.595. The lowest BCUT2D eigenvalue weighted by atomic mass is 10.0. The maximum absolute atomic E-state index is 14.0. The Balaban J connectivity index is 1.67. The first-order chi connectivity index (χ1) is 11.6. The highest BCUT2D eigenvalue weighted by Crippen LogP contribution is 2.28. The fraction of sp³-hybridized carbons (Fsp3) is 0.412. The molecule has 2 aromatic rings. The number of aromatic nitrogens is 2. The van der Waals surface area contributed by atoms with Crippen LogP contribution in [-0.2, 0) is 11.8 Å². The van der Waals surface area contributed by atoms with E-state index in [4.69, 9.17) is 9.47 Å². The summed E-state index contributed by atoms with van der Waals surface area (Å²) >= 11 is 0. The molecule has 1 aliphatic heterocycles. The second-order valence-electron chi connectivity index (χ2n) is 5.83. The van der Waals surface area contributed by atoms with Gasteiger partial charge in [-0.1, -0.05) is 0 Å². The van der Waals surface area contributed by atoms with Crippen molar-refractivity contribution in [1.29, 1.82) is 0 Å². The summed E-state index contributed by atoms with van der Waals surface area (Å²) in [7, 11) is 3.36. The normalized spacial score (nSPS) is 20.6. The molecule has 6 nitrogen and oxygen atoms in total. The summed E-state index contributed by atoms with van der Waals surface area (Å²) in [6, 6.07) is 4.13. The smallest absolute Gasteiger partial charge is 0.254 e. The van der Waals surface area contributed by atoms with Gasteiger partial charge in [-0.2, -0.15) is 0 Å². The Hall–Kier alpha value is -2.41. The van der Waals surface area contributed by atoms with Crippen LogP contribution >= 0.6 is 0 Å². The first kappa shape index (κ1) is 16.4. The lowest BCUT2D eigenvalue weighted by Gasteiger charge is -2.30. The van der Waals surface area contributed by atoms with Crippen molar-refractivity contribution < 1.29 is 18.7 Å². The van der Waals surface area contributed by atoms with E-state index in [1.165, 1.54) is 19.2 Å². The fourth-order valence-electron chi connectivity index (χ4n) is 2.88. The third-order valence-corrected chi connectivity index (χ3v) is 4.22. The van der Waals surface area contributed by atoms with Crippen LogP contribution in [-0.4, -0.2) is 35.2 Å². The standard InChI is InChI=1S/C17H20FN3O3/c1-21-10-19-9-15(21)16-7-11(5-6-24-16)20-17(22)13-4-3-12(23-2)8-14(13)18/h3-4,8-11,16H,5-7H2,1-2H3,(H,20,22)/t11-,16-/m0/s1. The summed E-state index contributed by atoms with van der Waals surface area (Å²) in [6.07, 6.45) is 4.67. The molecule has 0 unspecified atom stereocenters. The molecule has 128 valence electrons. The second-order valence-corrected chi connectivity index (χ2v) is 5.83. The van der Waals surface area contributed by atoms with Crippen LogP contribution in [0.25, 0.3) is 0 Å². The van der Waals surface area contributed by atoms with Gasteiger partial charge in [0.1, 0.15) is 17.7 Å².